The molecule has 0 heterocycles. The minimum absolute atomic E-state index is 0. The third-order valence-electron chi connectivity index (χ3n) is 2.77. The molecule has 0 aliphatic heterocycles. The maximum absolute atomic E-state index is 11.3. The quantitative estimate of drug-likeness (QED) is 0.437. The fourth-order valence-electron chi connectivity index (χ4n) is 1.87. The van der Waals surface area contributed by atoms with Crippen LogP contribution in [0.15, 0.2) is 30.3 Å². The molecule has 6 heteroatoms. The zero-order valence-electron chi connectivity index (χ0n) is 13.2. The van der Waals surface area contributed by atoms with E-state index in [-0.39, 0.29) is 83.8 Å². The summed E-state index contributed by atoms with van der Waals surface area (Å²) in [5.74, 6) is -3.20. The van der Waals surface area contributed by atoms with Crippen molar-refractivity contribution in [2.75, 3.05) is 0 Å². The molecule has 1 rings (SSSR count). The van der Waals surface area contributed by atoms with Crippen LogP contribution in [0.2, 0.25) is 0 Å². The van der Waals surface area contributed by atoms with E-state index in [1.807, 2.05) is 0 Å². The zero-order chi connectivity index (χ0) is 12.3. The monoisotopic (exact) mass is 286 g/mol. The molecule has 0 aliphatic rings. The van der Waals surface area contributed by atoms with Crippen LogP contribution in [0.25, 0.3) is 0 Å². The summed E-state index contributed by atoms with van der Waals surface area (Å²) in [7, 11) is 0. The predicted octanol–water partition coefficient (Wildman–Crippen LogP) is -4.02. The van der Waals surface area contributed by atoms with Crippen molar-refractivity contribution in [3.8, 4) is 0 Å². The molecular formula is C12H16KNaO4. The van der Waals surface area contributed by atoms with E-state index in [4.69, 9.17) is 0 Å². The van der Waals surface area contributed by atoms with Gasteiger partial charge in [0.25, 0.3) is 0 Å². The molecule has 90 valence electrons. The molecular weight excluding hydrogens is 270 g/mol. The van der Waals surface area contributed by atoms with Gasteiger partial charge in [-0.3, -0.25) is 9.59 Å². The average Bonchev–Trinajstić information content (AvgIpc) is 2.18. The zero-order valence-corrected chi connectivity index (χ0v) is 16.3. The molecule has 0 fully saturated rings. The van der Waals surface area contributed by atoms with Gasteiger partial charge >= 0.3 is 92.9 Å². The summed E-state index contributed by atoms with van der Waals surface area (Å²) in [5, 5.41) is 18.5. The minimum Gasteiger partial charge on any atom is -1.00 e. The standard InChI is InChI=1S/C12H14O4.K.Na.2H/c1-8(2)12(10(13)14,11(15)16)9-6-4-3-5-7-9;;;;/h3-8H,1-2H3,(H,13,14)(H,15,16);;;;/q;2*+1;2*-1. The van der Waals surface area contributed by atoms with Gasteiger partial charge in [-0.2, -0.15) is 0 Å². The second-order valence-electron chi connectivity index (χ2n) is 3.94. The van der Waals surface area contributed by atoms with Gasteiger partial charge in [-0.15, -0.1) is 0 Å². The third-order valence-corrected chi connectivity index (χ3v) is 2.77. The number of carbonyl (C=O) groups is 2. The molecule has 0 radical (unpaired) electrons. The smallest absolute Gasteiger partial charge is 1.00 e. The number of carboxylic acid groups (broad SMARTS) is 2. The SMILES string of the molecule is CC(C)C(C(=O)O)(C(=O)O)c1ccccc1.[H-].[H-].[K+].[Na+]. The van der Waals surface area contributed by atoms with Crippen molar-refractivity contribution in [2.45, 2.75) is 19.3 Å². The van der Waals surface area contributed by atoms with E-state index in [9.17, 15) is 19.8 Å². The Bertz CT molecular complexity index is 401. The summed E-state index contributed by atoms with van der Waals surface area (Å²) in [5.41, 5.74) is -1.58. The molecule has 0 aliphatic carbocycles. The van der Waals surface area contributed by atoms with E-state index in [0.29, 0.717) is 5.56 Å². The fraction of sp³-hybridized carbons (Fsp3) is 0.333. The molecule has 0 spiro atoms. The first-order chi connectivity index (χ1) is 7.44. The molecule has 1 aromatic rings. The molecule has 0 bridgehead atoms. The molecule has 1 aromatic carbocycles. The molecule has 0 aromatic heterocycles. The predicted molar refractivity (Wildman–Crippen MR) is 60.5 cm³/mol. The second kappa shape index (κ2) is 8.87. The van der Waals surface area contributed by atoms with Gasteiger partial charge in [0.05, 0.1) is 0 Å². The number of rotatable bonds is 4. The van der Waals surface area contributed by atoms with Crippen molar-refractivity contribution in [2.24, 2.45) is 5.92 Å². The van der Waals surface area contributed by atoms with Crippen molar-refractivity contribution in [3.63, 3.8) is 0 Å². The fourth-order valence-corrected chi connectivity index (χ4v) is 1.87. The summed E-state index contributed by atoms with van der Waals surface area (Å²) in [6.07, 6.45) is 0. The first-order valence-corrected chi connectivity index (χ1v) is 4.96. The van der Waals surface area contributed by atoms with Crippen LogP contribution in [0, 0.1) is 5.92 Å². The van der Waals surface area contributed by atoms with Crippen molar-refractivity contribution >= 4 is 11.9 Å². The number of aliphatic carboxylic acids is 2. The number of hydrogen-bond donors (Lipinski definition) is 2. The van der Waals surface area contributed by atoms with E-state index in [1.54, 1.807) is 32.0 Å². The van der Waals surface area contributed by atoms with Crippen LogP contribution >= 0.6 is 0 Å². The van der Waals surface area contributed by atoms with Crippen LogP contribution in [-0.4, -0.2) is 22.2 Å². The molecule has 4 nitrogen and oxygen atoms in total. The molecule has 0 saturated heterocycles. The number of hydrogen-bond acceptors (Lipinski definition) is 2. The average molecular weight is 286 g/mol. The molecule has 2 N–H and O–H groups in total. The van der Waals surface area contributed by atoms with E-state index in [0.717, 1.165) is 0 Å². The van der Waals surface area contributed by atoms with Crippen molar-refractivity contribution in [1.29, 1.82) is 0 Å². The topological polar surface area (TPSA) is 74.6 Å². The Hall–Kier alpha value is 0.796. The largest absolute Gasteiger partial charge is 1.00 e. The van der Waals surface area contributed by atoms with Crippen LogP contribution in [-0.2, 0) is 15.0 Å². The van der Waals surface area contributed by atoms with Gasteiger partial charge in [0, 0.05) is 0 Å². The summed E-state index contributed by atoms with van der Waals surface area (Å²) in [4.78, 5) is 22.6. The number of benzene rings is 1. The van der Waals surface area contributed by atoms with Crippen molar-refractivity contribution in [3.05, 3.63) is 35.9 Å². The Balaban J connectivity index is -0.000000320. The minimum atomic E-state index is -1.87. The summed E-state index contributed by atoms with van der Waals surface area (Å²) in [6, 6.07) is 8.06. The summed E-state index contributed by atoms with van der Waals surface area (Å²) in [6.45, 7) is 3.18. The summed E-state index contributed by atoms with van der Waals surface area (Å²) < 4.78 is 0. The van der Waals surface area contributed by atoms with E-state index in [1.165, 1.54) is 12.1 Å². The normalized spacial score (nSPS) is 10.2. The molecule has 0 saturated carbocycles. The maximum Gasteiger partial charge on any atom is 1.00 e. The van der Waals surface area contributed by atoms with Crippen LogP contribution in [0.4, 0.5) is 0 Å². The Morgan fingerprint density at radius 2 is 1.50 bits per heavy atom. The van der Waals surface area contributed by atoms with E-state index >= 15 is 0 Å². The van der Waals surface area contributed by atoms with Crippen LogP contribution in [0.3, 0.4) is 0 Å². The maximum atomic E-state index is 11.3. The van der Waals surface area contributed by atoms with Gasteiger partial charge in [-0.25, -0.2) is 0 Å². The summed E-state index contributed by atoms with van der Waals surface area (Å²) >= 11 is 0. The molecule has 0 amide bonds. The van der Waals surface area contributed by atoms with E-state index < -0.39 is 23.3 Å². The Kier molecular flexibility index (Phi) is 10.4. The van der Waals surface area contributed by atoms with Crippen molar-refractivity contribution in [1.82, 2.24) is 0 Å². The molecule has 0 atom stereocenters. The van der Waals surface area contributed by atoms with Gasteiger partial charge < -0.3 is 13.1 Å². The Morgan fingerprint density at radius 1 is 1.11 bits per heavy atom. The first-order valence-electron chi connectivity index (χ1n) is 4.96. The Morgan fingerprint density at radius 3 is 1.78 bits per heavy atom. The van der Waals surface area contributed by atoms with Crippen LogP contribution in [0.1, 0.15) is 22.3 Å². The van der Waals surface area contributed by atoms with Crippen LogP contribution < -0.4 is 80.9 Å². The van der Waals surface area contributed by atoms with Gasteiger partial charge in [0.15, 0.2) is 5.41 Å². The third kappa shape index (κ3) is 3.90. The van der Waals surface area contributed by atoms with Gasteiger partial charge in [0.2, 0.25) is 0 Å². The number of carboxylic acids is 2. The van der Waals surface area contributed by atoms with Crippen LogP contribution in [0.5, 0.6) is 0 Å². The molecule has 0 unspecified atom stereocenters. The Labute approximate surface area is 174 Å². The van der Waals surface area contributed by atoms with Gasteiger partial charge in [-0.1, -0.05) is 44.2 Å². The second-order valence-corrected chi connectivity index (χ2v) is 3.94. The van der Waals surface area contributed by atoms with Gasteiger partial charge in [0.1, 0.15) is 0 Å². The van der Waals surface area contributed by atoms with E-state index in [2.05, 4.69) is 0 Å². The molecule has 18 heavy (non-hydrogen) atoms. The first kappa shape index (κ1) is 21.1. The van der Waals surface area contributed by atoms with Crippen molar-refractivity contribution < 1.29 is 104 Å². The van der Waals surface area contributed by atoms with Gasteiger partial charge in [-0.05, 0) is 11.5 Å².